The number of alkyl halides is 3. The molecular formula is C25H35F3N2O5. The molecule has 3 N–H and O–H groups in total. The van der Waals surface area contributed by atoms with E-state index >= 15 is 0 Å². The lowest BCUT2D eigenvalue weighted by Gasteiger charge is -2.50. The average molecular weight is 501 g/mol. The SMILES string of the molecule is CC(C)(C)C1[C@@H](OC(N)=O)CCCN1C(=O)C(c1cccc(OC(F)(F)F)c1)C1(O)CCCCC1. The number of piperidine rings is 1. The fraction of sp³-hybridized carbons (Fsp3) is 0.680. The predicted octanol–water partition coefficient (Wildman–Crippen LogP) is 4.87. The van der Waals surface area contributed by atoms with Gasteiger partial charge in [0.05, 0.1) is 17.6 Å². The Morgan fingerprint density at radius 3 is 2.37 bits per heavy atom. The van der Waals surface area contributed by atoms with Crippen LogP contribution in [-0.4, -0.2) is 52.7 Å². The molecule has 10 heteroatoms. The van der Waals surface area contributed by atoms with Crippen molar-refractivity contribution >= 4 is 12.0 Å². The molecule has 1 saturated carbocycles. The van der Waals surface area contributed by atoms with Crippen LogP contribution in [0.1, 0.15) is 77.2 Å². The van der Waals surface area contributed by atoms with Gasteiger partial charge in [0.1, 0.15) is 11.9 Å². The van der Waals surface area contributed by atoms with E-state index in [4.69, 9.17) is 10.5 Å². The molecule has 196 valence electrons. The van der Waals surface area contributed by atoms with E-state index < -0.39 is 53.2 Å². The maximum Gasteiger partial charge on any atom is 0.573 e. The zero-order valence-electron chi connectivity index (χ0n) is 20.4. The van der Waals surface area contributed by atoms with Gasteiger partial charge in [0, 0.05) is 6.54 Å². The van der Waals surface area contributed by atoms with Crippen LogP contribution in [0.15, 0.2) is 24.3 Å². The number of amides is 2. The van der Waals surface area contributed by atoms with Gasteiger partial charge in [-0.3, -0.25) is 4.79 Å². The highest BCUT2D eigenvalue weighted by atomic mass is 19.4. The van der Waals surface area contributed by atoms with E-state index in [-0.39, 0.29) is 5.56 Å². The van der Waals surface area contributed by atoms with Crippen LogP contribution in [0.25, 0.3) is 0 Å². The molecule has 0 aromatic heterocycles. The minimum atomic E-state index is -4.89. The highest BCUT2D eigenvalue weighted by molar-refractivity contribution is 5.86. The number of carbonyl (C=O) groups is 2. The maximum absolute atomic E-state index is 14.2. The summed E-state index contributed by atoms with van der Waals surface area (Å²) < 4.78 is 48.1. The van der Waals surface area contributed by atoms with Crippen molar-refractivity contribution in [3.63, 3.8) is 0 Å². The first-order valence-electron chi connectivity index (χ1n) is 12.1. The van der Waals surface area contributed by atoms with Crippen molar-refractivity contribution in [2.75, 3.05) is 6.54 Å². The molecule has 1 saturated heterocycles. The standard InChI is InChI=1S/C25H35F3N2O5/c1-23(2,3)20-18(34-22(29)32)11-8-14-30(20)21(31)19(24(33)12-5-4-6-13-24)16-9-7-10-17(15-16)35-25(26,27)28/h7,9-10,15,18-20,33H,4-6,8,11-14H2,1-3H3,(H2,29,32)/t18-,19?,20?/m0/s1. The maximum atomic E-state index is 14.2. The number of halogens is 3. The van der Waals surface area contributed by atoms with Crippen molar-refractivity contribution < 1.29 is 37.3 Å². The molecule has 0 radical (unpaired) electrons. The van der Waals surface area contributed by atoms with Crippen LogP contribution in [-0.2, 0) is 9.53 Å². The number of nitrogens with two attached hydrogens (primary N) is 1. The third-order valence-electron chi connectivity index (χ3n) is 6.94. The fourth-order valence-corrected chi connectivity index (χ4v) is 5.70. The molecule has 1 aromatic rings. The molecule has 0 bridgehead atoms. The Hall–Kier alpha value is -2.49. The number of benzene rings is 1. The second-order valence-corrected chi connectivity index (χ2v) is 10.7. The quantitative estimate of drug-likeness (QED) is 0.601. The van der Waals surface area contributed by atoms with Gasteiger partial charge < -0.3 is 25.2 Å². The highest BCUT2D eigenvalue weighted by Crippen LogP contribution is 2.44. The van der Waals surface area contributed by atoms with Gasteiger partial charge in [-0.05, 0) is 48.8 Å². The van der Waals surface area contributed by atoms with Crippen LogP contribution >= 0.6 is 0 Å². The molecular weight excluding hydrogens is 465 g/mol. The number of ether oxygens (including phenoxy) is 2. The van der Waals surface area contributed by atoms with E-state index in [1.165, 1.54) is 18.2 Å². The van der Waals surface area contributed by atoms with Crippen molar-refractivity contribution in [1.29, 1.82) is 0 Å². The Morgan fingerprint density at radius 1 is 1.14 bits per heavy atom. The largest absolute Gasteiger partial charge is 0.573 e. The van der Waals surface area contributed by atoms with Gasteiger partial charge in [-0.1, -0.05) is 52.2 Å². The molecule has 2 unspecified atom stereocenters. The number of hydrogen-bond acceptors (Lipinski definition) is 5. The molecule has 3 atom stereocenters. The second kappa shape index (κ2) is 10.2. The highest BCUT2D eigenvalue weighted by Gasteiger charge is 2.50. The van der Waals surface area contributed by atoms with Gasteiger partial charge in [0.2, 0.25) is 5.91 Å². The van der Waals surface area contributed by atoms with Gasteiger partial charge in [-0.2, -0.15) is 0 Å². The molecule has 3 rings (SSSR count). The number of nitrogens with zero attached hydrogens (tertiary/aromatic N) is 1. The van der Waals surface area contributed by atoms with Gasteiger partial charge in [-0.15, -0.1) is 13.2 Å². The smallest absolute Gasteiger partial charge is 0.444 e. The average Bonchev–Trinajstić information content (AvgIpc) is 2.72. The minimum absolute atomic E-state index is 0.256. The number of carbonyl (C=O) groups excluding carboxylic acids is 2. The monoisotopic (exact) mass is 500 g/mol. The van der Waals surface area contributed by atoms with Crippen molar-refractivity contribution in [1.82, 2.24) is 4.90 Å². The van der Waals surface area contributed by atoms with E-state index in [2.05, 4.69) is 4.74 Å². The van der Waals surface area contributed by atoms with Crippen molar-refractivity contribution in [2.45, 2.75) is 95.7 Å². The lowest BCUT2D eigenvalue weighted by molar-refractivity contribution is -0.274. The summed E-state index contributed by atoms with van der Waals surface area (Å²) in [5.74, 6) is -1.96. The fourth-order valence-electron chi connectivity index (χ4n) is 5.70. The minimum Gasteiger partial charge on any atom is -0.444 e. The van der Waals surface area contributed by atoms with Gasteiger partial charge in [0.25, 0.3) is 0 Å². The van der Waals surface area contributed by atoms with Crippen molar-refractivity contribution in [3.8, 4) is 5.75 Å². The molecule has 2 amide bonds. The van der Waals surface area contributed by atoms with Crippen LogP contribution in [0.2, 0.25) is 0 Å². The second-order valence-electron chi connectivity index (χ2n) is 10.7. The number of hydrogen-bond donors (Lipinski definition) is 2. The summed E-state index contributed by atoms with van der Waals surface area (Å²) in [4.78, 5) is 27.4. The van der Waals surface area contributed by atoms with Crippen molar-refractivity contribution in [3.05, 3.63) is 29.8 Å². The summed E-state index contributed by atoms with van der Waals surface area (Å²) in [6.07, 6.45) is -2.36. The van der Waals surface area contributed by atoms with Gasteiger partial charge in [-0.25, -0.2) is 4.79 Å². The first kappa shape index (κ1) is 27.1. The van der Waals surface area contributed by atoms with Crippen LogP contribution in [0.3, 0.4) is 0 Å². The molecule has 1 aromatic carbocycles. The van der Waals surface area contributed by atoms with E-state index in [0.29, 0.717) is 45.1 Å². The summed E-state index contributed by atoms with van der Waals surface area (Å²) in [5.41, 5.74) is 3.62. The first-order valence-corrected chi connectivity index (χ1v) is 12.1. The number of likely N-dealkylation sites (tertiary alicyclic amines) is 1. The number of aliphatic hydroxyl groups is 1. The Labute approximate surface area is 203 Å². The molecule has 1 aliphatic carbocycles. The van der Waals surface area contributed by atoms with E-state index in [9.17, 15) is 27.9 Å². The molecule has 2 aliphatic rings. The molecule has 1 heterocycles. The van der Waals surface area contributed by atoms with Crippen LogP contribution < -0.4 is 10.5 Å². The summed E-state index contributed by atoms with van der Waals surface area (Å²) >= 11 is 0. The van der Waals surface area contributed by atoms with E-state index in [1.54, 1.807) is 11.0 Å². The molecule has 1 aliphatic heterocycles. The first-order chi connectivity index (χ1) is 16.2. The Bertz CT molecular complexity index is 909. The molecule has 7 nitrogen and oxygen atoms in total. The summed E-state index contributed by atoms with van der Waals surface area (Å²) in [6, 6.07) is 4.75. The van der Waals surface area contributed by atoms with Crippen LogP contribution in [0.5, 0.6) is 5.75 Å². The number of primary amides is 1. The van der Waals surface area contributed by atoms with Gasteiger partial charge >= 0.3 is 12.5 Å². The molecule has 35 heavy (non-hydrogen) atoms. The lowest BCUT2D eigenvalue weighted by atomic mass is 9.71. The summed E-state index contributed by atoms with van der Waals surface area (Å²) in [6.45, 7) is 6.12. The topological polar surface area (TPSA) is 102 Å². The van der Waals surface area contributed by atoms with Gasteiger partial charge in [0.15, 0.2) is 0 Å². The van der Waals surface area contributed by atoms with Crippen molar-refractivity contribution in [2.24, 2.45) is 11.1 Å². The Kier molecular flexibility index (Phi) is 7.93. The number of rotatable bonds is 5. The third kappa shape index (κ3) is 6.59. The molecule has 2 fully saturated rings. The van der Waals surface area contributed by atoms with E-state index in [0.717, 1.165) is 6.42 Å². The third-order valence-corrected chi connectivity index (χ3v) is 6.94. The predicted molar refractivity (Wildman–Crippen MR) is 123 cm³/mol. The summed E-state index contributed by atoms with van der Waals surface area (Å²) in [5, 5.41) is 11.7. The Morgan fingerprint density at radius 2 is 1.80 bits per heavy atom. The zero-order valence-corrected chi connectivity index (χ0v) is 20.4. The molecule has 0 spiro atoms. The Balaban J connectivity index is 2.05. The van der Waals surface area contributed by atoms with Crippen LogP contribution in [0, 0.1) is 5.41 Å². The van der Waals surface area contributed by atoms with E-state index in [1.807, 2.05) is 20.8 Å². The normalized spacial score (nSPS) is 23.9. The zero-order chi connectivity index (χ0) is 26.0. The van der Waals surface area contributed by atoms with Crippen LogP contribution in [0.4, 0.5) is 18.0 Å². The lowest BCUT2D eigenvalue weighted by Crippen LogP contribution is -2.61. The summed E-state index contributed by atoms with van der Waals surface area (Å²) in [7, 11) is 0.